The summed E-state index contributed by atoms with van der Waals surface area (Å²) in [7, 11) is 0. The molecule has 1 aliphatic carbocycles. The van der Waals surface area contributed by atoms with E-state index in [0.29, 0.717) is 17.9 Å². The Bertz CT molecular complexity index is 742. The molecule has 0 radical (unpaired) electrons. The molecule has 1 N–H and O–H groups in total. The summed E-state index contributed by atoms with van der Waals surface area (Å²) in [6, 6.07) is 15.6. The maximum absolute atomic E-state index is 12.9. The van der Waals surface area contributed by atoms with Crippen molar-refractivity contribution >= 4 is 29.1 Å². The highest BCUT2D eigenvalue weighted by atomic mass is 35.5. The summed E-state index contributed by atoms with van der Waals surface area (Å²) in [5.74, 6) is 0.920. The summed E-state index contributed by atoms with van der Waals surface area (Å²) in [6.45, 7) is 6.06. The first-order chi connectivity index (χ1) is 11.2. The number of piperazine rings is 1. The third kappa shape index (κ3) is 2.91. The number of fused-ring (bicyclic) bond motifs is 1. The third-order valence-electron chi connectivity index (χ3n) is 5.65. The minimum Gasteiger partial charge on any atom is -0.337 e. The average Bonchev–Trinajstić information content (AvgIpc) is 3.37. The standard InChI is InChI=1S/C20H24N2O.ClH/c1-13-14(2)22(11-10-21-13)20(23)19-12-18(19)17-9-5-7-15-6-3-4-8-16(15)17;/h3-9,13-14,18-19,21H,10-12H2,1-2H3;1H. The monoisotopic (exact) mass is 344 g/mol. The fourth-order valence-electron chi connectivity index (χ4n) is 3.97. The first kappa shape index (κ1) is 17.2. The minimum atomic E-state index is 0. The lowest BCUT2D eigenvalue weighted by atomic mass is 9.99. The highest BCUT2D eigenvalue weighted by Crippen LogP contribution is 2.50. The summed E-state index contributed by atoms with van der Waals surface area (Å²) < 4.78 is 0. The zero-order chi connectivity index (χ0) is 16.0. The highest BCUT2D eigenvalue weighted by Gasteiger charge is 2.47. The van der Waals surface area contributed by atoms with Gasteiger partial charge in [0.05, 0.1) is 0 Å². The van der Waals surface area contributed by atoms with Crippen LogP contribution in [0.15, 0.2) is 42.5 Å². The number of carbonyl (C=O) groups excluding carboxylic acids is 1. The van der Waals surface area contributed by atoms with Crippen molar-refractivity contribution in [2.45, 2.75) is 38.3 Å². The Hall–Kier alpha value is -1.58. The zero-order valence-electron chi connectivity index (χ0n) is 14.2. The van der Waals surface area contributed by atoms with Gasteiger partial charge in [-0.3, -0.25) is 4.79 Å². The molecule has 2 aromatic carbocycles. The van der Waals surface area contributed by atoms with Crippen LogP contribution in [0.25, 0.3) is 10.8 Å². The molecule has 1 heterocycles. The molecule has 0 bridgehead atoms. The second-order valence-electron chi connectivity index (χ2n) is 7.03. The van der Waals surface area contributed by atoms with Crippen LogP contribution < -0.4 is 5.32 Å². The van der Waals surface area contributed by atoms with Crippen molar-refractivity contribution in [3.05, 3.63) is 48.0 Å². The van der Waals surface area contributed by atoms with E-state index in [2.05, 4.69) is 66.5 Å². The van der Waals surface area contributed by atoms with Gasteiger partial charge in [-0.2, -0.15) is 0 Å². The van der Waals surface area contributed by atoms with Crippen LogP contribution in [-0.4, -0.2) is 36.0 Å². The summed E-state index contributed by atoms with van der Waals surface area (Å²) in [5, 5.41) is 6.02. The molecule has 1 amide bonds. The van der Waals surface area contributed by atoms with E-state index in [1.54, 1.807) is 0 Å². The fraction of sp³-hybridized carbons (Fsp3) is 0.450. The normalized spacial score (nSPS) is 29.2. The molecule has 4 unspecified atom stereocenters. The molecule has 1 aliphatic heterocycles. The number of hydrogen-bond acceptors (Lipinski definition) is 2. The van der Waals surface area contributed by atoms with Crippen LogP contribution in [0, 0.1) is 5.92 Å². The number of hydrogen-bond donors (Lipinski definition) is 1. The number of nitrogens with zero attached hydrogens (tertiary/aromatic N) is 1. The third-order valence-corrected chi connectivity index (χ3v) is 5.65. The molecule has 4 rings (SSSR count). The molecular weight excluding hydrogens is 320 g/mol. The van der Waals surface area contributed by atoms with E-state index in [0.717, 1.165) is 19.5 Å². The molecule has 0 aromatic heterocycles. The van der Waals surface area contributed by atoms with Crippen LogP contribution in [-0.2, 0) is 4.79 Å². The Morgan fingerprint density at radius 2 is 1.88 bits per heavy atom. The molecule has 1 saturated heterocycles. The second-order valence-corrected chi connectivity index (χ2v) is 7.03. The fourth-order valence-corrected chi connectivity index (χ4v) is 3.97. The van der Waals surface area contributed by atoms with Gasteiger partial charge in [-0.1, -0.05) is 42.5 Å². The largest absolute Gasteiger partial charge is 0.337 e. The quantitative estimate of drug-likeness (QED) is 0.903. The van der Waals surface area contributed by atoms with Gasteiger partial charge in [0, 0.05) is 31.1 Å². The predicted octanol–water partition coefficient (Wildman–Crippen LogP) is 3.57. The molecule has 24 heavy (non-hydrogen) atoms. The van der Waals surface area contributed by atoms with Crippen molar-refractivity contribution in [3.63, 3.8) is 0 Å². The molecule has 2 aromatic rings. The maximum atomic E-state index is 12.9. The van der Waals surface area contributed by atoms with Gasteiger partial charge in [0.1, 0.15) is 0 Å². The molecule has 3 nitrogen and oxygen atoms in total. The topological polar surface area (TPSA) is 32.3 Å². The number of carbonyl (C=O) groups is 1. The van der Waals surface area contributed by atoms with Gasteiger partial charge in [-0.25, -0.2) is 0 Å². The van der Waals surface area contributed by atoms with Gasteiger partial charge in [0.2, 0.25) is 5.91 Å². The van der Waals surface area contributed by atoms with Crippen molar-refractivity contribution in [2.75, 3.05) is 13.1 Å². The van der Waals surface area contributed by atoms with Crippen LogP contribution >= 0.6 is 12.4 Å². The molecule has 2 aliphatic rings. The van der Waals surface area contributed by atoms with Crippen molar-refractivity contribution in [2.24, 2.45) is 5.92 Å². The van der Waals surface area contributed by atoms with E-state index < -0.39 is 0 Å². The molecule has 2 fully saturated rings. The molecule has 4 heteroatoms. The Balaban J connectivity index is 0.00000169. The molecule has 4 atom stereocenters. The van der Waals surface area contributed by atoms with Crippen molar-refractivity contribution in [1.82, 2.24) is 10.2 Å². The van der Waals surface area contributed by atoms with Gasteiger partial charge < -0.3 is 10.2 Å². The number of rotatable bonds is 2. The summed E-state index contributed by atoms with van der Waals surface area (Å²) in [6.07, 6.45) is 0.998. The van der Waals surface area contributed by atoms with E-state index in [1.165, 1.54) is 16.3 Å². The lowest BCUT2D eigenvalue weighted by Gasteiger charge is -2.39. The van der Waals surface area contributed by atoms with Crippen LogP contribution in [0.4, 0.5) is 0 Å². The maximum Gasteiger partial charge on any atom is 0.226 e. The van der Waals surface area contributed by atoms with E-state index in [-0.39, 0.29) is 24.4 Å². The lowest BCUT2D eigenvalue weighted by Crippen LogP contribution is -2.57. The Labute approximate surface area is 149 Å². The van der Waals surface area contributed by atoms with Gasteiger partial charge in [-0.05, 0) is 42.5 Å². The van der Waals surface area contributed by atoms with E-state index in [1.807, 2.05) is 0 Å². The lowest BCUT2D eigenvalue weighted by molar-refractivity contribution is -0.136. The van der Waals surface area contributed by atoms with Gasteiger partial charge in [-0.15, -0.1) is 12.4 Å². The summed E-state index contributed by atoms with van der Waals surface area (Å²) >= 11 is 0. The van der Waals surface area contributed by atoms with E-state index in [9.17, 15) is 4.79 Å². The average molecular weight is 345 g/mol. The summed E-state index contributed by atoms with van der Waals surface area (Å²) in [4.78, 5) is 15.0. The Morgan fingerprint density at radius 1 is 1.12 bits per heavy atom. The number of amides is 1. The zero-order valence-corrected chi connectivity index (χ0v) is 15.1. The van der Waals surface area contributed by atoms with Crippen LogP contribution in [0.1, 0.15) is 31.7 Å². The molecular formula is C20H25ClN2O. The Morgan fingerprint density at radius 3 is 2.71 bits per heavy atom. The molecule has 1 saturated carbocycles. The van der Waals surface area contributed by atoms with Gasteiger partial charge in [0.25, 0.3) is 0 Å². The van der Waals surface area contributed by atoms with Crippen molar-refractivity contribution < 1.29 is 4.79 Å². The smallest absolute Gasteiger partial charge is 0.226 e. The van der Waals surface area contributed by atoms with E-state index in [4.69, 9.17) is 0 Å². The first-order valence-corrected chi connectivity index (χ1v) is 8.68. The molecule has 128 valence electrons. The minimum absolute atomic E-state index is 0. The van der Waals surface area contributed by atoms with Gasteiger partial charge >= 0.3 is 0 Å². The van der Waals surface area contributed by atoms with Gasteiger partial charge in [0.15, 0.2) is 0 Å². The Kier molecular flexibility index (Phi) is 4.84. The highest BCUT2D eigenvalue weighted by molar-refractivity contribution is 5.89. The van der Waals surface area contributed by atoms with Crippen LogP contribution in [0.5, 0.6) is 0 Å². The van der Waals surface area contributed by atoms with Crippen LogP contribution in [0.2, 0.25) is 0 Å². The van der Waals surface area contributed by atoms with Crippen molar-refractivity contribution in [3.8, 4) is 0 Å². The number of benzene rings is 2. The predicted molar refractivity (Wildman–Crippen MR) is 101 cm³/mol. The first-order valence-electron chi connectivity index (χ1n) is 8.68. The van der Waals surface area contributed by atoms with Crippen molar-refractivity contribution in [1.29, 1.82) is 0 Å². The van der Waals surface area contributed by atoms with E-state index >= 15 is 0 Å². The number of halogens is 1. The molecule has 0 spiro atoms. The SMILES string of the molecule is CC1NCCN(C(=O)C2CC2c2cccc3ccccc23)C1C.Cl. The second kappa shape index (κ2) is 6.73. The summed E-state index contributed by atoms with van der Waals surface area (Å²) in [5.41, 5.74) is 1.34. The number of nitrogens with one attached hydrogen (secondary N) is 1. The van der Waals surface area contributed by atoms with Crippen LogP contribution in [0.3, 0.4) is 0 Å².